The molecule has 148 valence electrons. The van der Waals surface area contributed by atoms with Crippen molar-refractivity contribution < 1.29 is 14.3 Å². The van der Waals surface area contributed by atoms with Crippen molar-refractivity contribution in [1.29, 1.82) is 0 Å². The van der Waals surface area contributed by atoms with Gasteiger partial charge in [0, 0.05) is 23.1 Å². The van der Waals surface area contributed by atoms with Crippen LogP contribution in [-0.2, 0) is 24.1 Å². The number of H-pyrrole nitrogens is 1. The number of carboxylic acid groups (broad SMARTS) is 1. The molecule has 1 atom stereocenters. The van der Waals surface area contributed by atoms with Crippen molar-refractivity contribution in [3.63, 3.8) is 0 Å². The van der Waals surface area contributed by atoms with Gasteiger partial charge in [0.2, 0.25) is 0 Å². The molecule has 0 bridgehead atoms. The number of carboxylic acids is 1. The number of nitrogens with one attached hydrogen (secondary N) is 1. The smallest absolute Gasteiger partial charge is 0.307 e. The van der Waals surface area contributed by atoms with E-state index in [-0.39, 0.29) is 12.2 Å². The Morgan fingerprint density at radius 3 is 2.50 bits per heavy atom. The average molecular weight is 382 g/mol. The number of likely N-dealkylation sites (N-methyl/N-ethyl adjacent to an activating group) is 1. The van der Waals surface area contributed by atoms with Gasteiger partial charge in [0.1, 0.15) is 5.82 Å². The molecular weight excluding hydrogens is 355 g/mol. The first kappa shape index (κ1) is 20.1. The summed E-state index contributed by atoms with van der Waals surface area (Å²) in [5, 5.41) is 9.49. The van der Waals surface area contributed by atoms with E-state index in [4.69, 9.17) is 5.11 Å². The van der Waals surface area contributed by atoms with Crippen LogP contribution >= 0.6 is 0 Å². The molecule has 1 aliphatic rings. The van der Waals surface area contributed by atoms with Crippen LogP contribution in [-0.4, -0.2) is 40.1 Å². The van der Waals surface area contributed by atoms with Crippen LogP contribution in [0.15, 0.2) is 48.7 Å². The second kappa shape index (κ2) is 9.02. The van der Waals surface area contributed by atoms with Crippen molar-refractivity contribution in [3.05, 3.63) is 71.2 Å². The van der Waals surface area contributed by atoms with E-state index in [9.17, 15) is 9.18 Å². The third-order valence-corrected chi connectivity index (χ3v) is 5.40. The second-order valence-corrected chi connectivity index (χ2v) is 7.10. The molecule has 4 rings (SSSR count). The standard InChI is InChI=1S/C15H19FN2.C8H8O2/c1-3-18(4-2)11-7-10-9-17-14-6-5-13(16)12(8-11)15(10)14;9-8(10)6-7-4-2-1-3-5-7/h5-6,9,11,17H,3-4,7-8H2,1-2H3;1-5H,6H2,(H,9,10). The zero-order valence-corrected chi connectivity index (χ0v) is 16.4. The zero-order valence-electron chi connectivity index (χ0n) is 16.4. The van der Waals surface area contributed by atoms with E-state index in [0.29, 0.717) is 6.04 Å². The largest absolute Gasteiger partial charge is 0.481 e. The molecule has 4 nitrogen and oxygen atoms in total. The SMILES string of the molecule is CCN(CC)C1Cc2c[nH]c3ccc(F)c(c23)C1.O=C(O)Cc1ccccc1. The molecule has 0 radical (unpaired) electrons. The molecule has 1 heterocycles. The van der Waals surface area contributed by atoms with Crippen molar-refractivity contribution in [2.24, 2.45) is 0 Å². The Bertz CT molecular complexity index is 932. The first-order valence-electron chi connectivity index (χ1n) is 9.80. The molecule has 3 aromatic rings. The molecule has 0 saturated carbocycles. The molecule has 0 aliphatic heterocycles. The number of rotatable bonds is 5. The lowest BCUT2D eigenvalue weighted by atomic mass is 9.88. The predicted octanol–water partition coefficient (Wildman–Crippen LogP) is 4.43. The van der Waals surface area contributed by atoms with Gasteiger partial charge in [-0.3, -0.25) is 4.79 Å². The van der Waals surface area contributed by atoms with Gasteiger partial charge >= 0.3 is 5.97 Å². The van der Waals surface area contributed by atoms with E-state index in [2.05, 4.69) is 23.7 Å². The summed E-state index contributed by atoms with van der Waals surface area (Å²) < 4.78 is 14.0. The monoisotopic (exact) mass is 382 g/mol. The summed E-state index contributed by atoms with van der Waals surface area (Å²) in [5.74, 6) is -0.841. The fraction of sp³-hybridized carbons (Fsp3) is 0.348. The van der Waals surface area contributed by atoms with E-state index in [0.717, 1.165) is 48.0 Å². The van der Waals surface area contributed by atoms with Crippen molar-refractivity contribution in [1.82, 2.24) is 9.88 Å². The highest BCUT2D eigenvalue weighted by Crippen LogP contribution is 2.32. The fourth-order valence-electron chi connectivity index (χ4n) is 4.04. The number of hydrogen-bond donors (Lipinski definition) is 2. The first-order valence-corrected chi connectivity index (χ1v) is 9.80. The van der Waals surface area contributed by atoms with E-state index >= 15 is 0 Å². The van der Waals surface area contributed by atoms with Gasteiger partial charge in [0.15, 0.2) is 0 Å². The summed E-state index contributed by atoms with van der Waals surface area (Å²) in [5.41, 5.74) is 4.07. The van der Waals surface area contributed by atoms with Gasteiger partial charge in [-0.2, -0.15) is 0 Å². The van der Waals surface area contributed by atoms with Crippen LogP contribution in [0.5, 0.6) is 0 Å². The van der Waals surface area contributed by atoms with Crippen LogP contribution in [0.3, 0.4) is 0 Å². The molecule has 5 heteroatoms. The number of halogens is 1. The van der Waals surface area contributed by atoms with Crippen LogP contribution in [0.1, 0.15) is 30.5 Å². The Morgan fingerprint density at radius 2 is 1.86 bits per heavy atom. The van der Waals surface area contributed by atoms with Gasteiger partial charge in [-0.25, -0.2) is 4.39 Å². The summed E-state index contributed by atoms with van der Waals surface area (Å²) in [6.07, 6.45) is 4.01. The van der Waals surface area contributed by atoms with Crippen LogP contribution in [0.4, 0.5) is 4.39 Å². The number of aromatic amines is 1. The van der Waals surface area contributed by atoms with Gasteiger partial charge in [0.25, 0.3) is 0 Å². The summed E-state index contributed by atoms with van der Waals surface area (Å²) in [6, 6.07) is 13.0. The highest BCUT2D eigenvalue weighted by Gasteiger charge is 2.27. The summed E-state index contributed by atoms with van der Waals surface area (Å²) >= 11 is 0. The van der Waals surface area contributed by atoms with E-state index in [1.165, 1.54) is 5.56 Å². The number of nitrogens with zero attached hydrogens (tertiary/aromatic N) is 1. The second-order valence-electron chi connectivity index (χ2n) is 7.10. The highest BCUT2D eigenvalue weighted by molar-refractivity contribution is 5.87. The Labute approximate surface area is 165 Å². The fourth-order valence-corrected chi connectivity index (χ4v) is 4.04. The lowest BCUT2D eigenvalue weighted by molar-refractivity contribution is -0.136. The topological polar surface area (TPSA) is 56.3 Å². The average Bonchev–Trinajstić information content (AvgIpc) is 3.10. The van der Waals surface area contributed by atoms with Crippen molar-refractivity contribution >= 4 is 16.9 Å². The highest BCUT2D eigenvalue weighted by atomic mass is 19.1. The molecule has 28 heavy (non-hydrogen) atoms. The maximum atomic E-state index is 14.0. The quantitative estimate of drug-likeness (QED) is 0.686. The summed E-state index contributed by atoms with van der Waals surface area (Å²) in [7, 11) is 0. The molecule has 0 spiro atoms. The summed E-state index contributed by atoms with van der Waals surface area (Å²) in [4.78, 5) is 15.9. The molecule has 1 aromatic heterocycles. The molecule has 0 saturated heterocycles. The lowest BCUT2D eigenvalue weighted by Gasteiger charge is -2.32. The van der Waals surface area contributed by atoms with E-state index in [1.54, 1.807) is 18.2 Å². The van der Waals surface area contributed by atoms with Gasteiger partial charge < -0.3 is 15.0 Å². The third kappa shape index (κ3) is 4.42. The van der Waals surface area contributed by atoms with Crippen molar-refractivity contribution in [3.8, 4) is 0 Å². The lowest BCUT2D eigenvalue weighted by Crippen LogP contribution is -2.39. The van der Waals surface area contributed by atoms with Crippen LogP contribution in [0.25, 0.3) is 10.9 Å². The van der Waals surface area contributed by atoms with E-state index in [1.807, 2.05) is 30.5 Å². The molecule has 1 unspecified atom stereocenters. The zero-order chi connectivity index (χ0) is 20.1. The Morgan fingerprint density at radius 1 is 1.14 bits per heavy atom. The molecular formula is C23H27FN2O2. The van der Waals surface area contributed by atoms with Crippen LogP contribution in [0, 0.1) is 5.82 Å². The molecule has 2 N–H and O–H groups in total. The molecule has 0 fully saturated rings. The minimum Gasteiger partial charge on any atom is -0.481 e. The Balaban J connectivity index is 0.000000192. The maximum absolute atomic E-state index is 14.0. The van der Waals surface area contributed by atoms with Crippen molar-refractivity contribution in [2.75, 3.05) is 13.1 Å². The van der Waals surface area contributed by atoms with Crippen LogP contribution < -0.4 is 0 Å². The number of benzene rings is 2. The van der Waals surface area contributed by atoms with Gasteiger partial charge in [-0.15, -0.1) is 0 Å². The Kier molecular flexibility index (Phi) is 6.47. The molecule has 1 aliphatic carbocycles. The number of carbonyl (C=O) groups is 1. The number of hydrogen-bond acceptors (Lipinski definition) is 2. The minimum absolute atomic E-state index is 0.0554. The maximum Gasteiger partial charge on any atom is 0.307 e. The van der Waals surface area contributed by atoms with Gasteiger partial charge in [-0.1, -0.05) is 44.2 Å². The Hall–Kier alpha value is -2.66. The molecule has 0 amide bonds. The predicted molar refractivity (Wildman–Crippen MR) is 110 cm³/mol. The van der Waals surface area contributed by atoms with Crippen molar-refractivity contribution in [2.45, 2.75) is 39.2 Å². The minimum atomic E-state index is -0.786. The van der Waals surface area contributed by atoms with E-state index < -0.39 is 5.97 Å². The van der Waals surface area contributed by atoms with Crippen LogP contribution in [0.2, 0.25) is 0 Å². The van der Waals surface area contributed by atoms with Gasteiger partial charge in [-0.05, 0) is 54.8 Å². The normalized spacial score (nSPS) is 15.4. The third-order valence-electron chi connectivity index (χ3n) is 5.40. The number of aliphatic carboxylic acids is 1. The number of aromatic nitrogens is 1. The molecule has 2 aromatic carbocycles. The van der Waals surface area contributed by atoms with Gasteiger partial charge in [0.05, 0.1) is 6.42 Å². The first-order chi connectivity index (χ1) is 13.5. The summed E-state index contributed by atoms with van der Waals surface area (Å²) in [6.45, 7) is 6.40.